The summed E-state index contributed by atoms with van der Waals surface area (Å²) in [6.45, 7) is 6.61. The summed E-state index contributed by atoms with van der Waals surface area (Å²) in [6, 6.07) is 0. The topological polar surface area (TPSA) is 78.9 Å². The van der Waals surface area contributed by atoms with Gasteiger partial charge >= 0.3 is 17.9 Å². The first kappa shape index (κ1) is 56.4. The molecule has 0 aliphatic carbocycles. The van der Waals surface area contributed by atoms with E-state index in [1.54, 1.807) is 0 Å². The van der Waals surface area contributed by atoms with E-state index in [1.165, 1.54) is 193 Å². The first-order chi connectivity index (χ1) is 28.5. The largest absolute Gasteiger partial charge is 0.462 e. The molecule has 0 fully saturated rings. The SMILES string of the molecule is CCCCCCCCCCCCCCCCCCCCC(=O)O[C@@H](COC(=O)CCCCCCC)COC(=O)CCCCCCCCCCCCCCCCCCC. The van der Waals surface area contributed by atoms with Crippen molar-refractivity contribution in [1.29, 1.82) is 0 Å². The molecule has 6 heteroatoms. The van der Waals surface area contributed by atoms with Gasteiger partial charge in [-0.05, 0) is 19.3 Å². The number of unbranched alkanes of at least 4 members (excludes halogenated alkanes) is 37. The summed E-state index contributed by atoms with van der Waals surface area (Å²) < 4.78 is 16.7. The number of rotatable bonds is 48. The molecule has 0 aromatic carbocycles. The van der Waals surface area contributed by atoms with Crippen LogP contribution in [0.4, 0.5) is 0 Å². The van der Waals surface area contributed by atoms with E-state index >= 15 is 0 Å². The Labute approximate surface area is 361 Å². The van der Waals surface area contributed by atoms with Crippen molar-refractivity contribution in [1.82, 2.24) is 0 Å². The summed E-state index contributed by atoms with van der Waals surface area (Å²) in [5.74, 6) is -0.857. The second kappa shape index (κ2) is 48.1. The van der Waals surface area contributed by atoms with Gasteiger partial charge in [-0.2, -0.15) is 0 Å². The molecule has 0 N–H and O–H groups in total. The minimum absolute atomic E-state index is 0.0631. The lowest BCUT2D eigenvalue weighted by Gasteiger charge is -2.18. The van der Waals surface area contributed by atoms with Gasteiger partial charge in [0, 0.05) is 19.3 Å². The molecule has 0 saturated heterocycles. The van der Waals surface area contributed by atoms with Gasteiger partial charge in [0.2, 0.25) is 0 Å². The molecule has 0 spiro atoms. The highest BCUT2D eigenvalue weighted by Crippen LogP contribution is 2.17. The summed E-state index contributed by atoms with van der Waals surface area (Å²) in [4.78, 5) is 37.6. The molecule has 0 amide bonds. The molecule has 0 rings (SSSR count). The van der Waals surface area contributed by atoms with Crippen LogP contribution in [0.25, 0.3) is 0 Å². The van der Waals surface area contributed by atoms with E-state index in [0.29, 0.717) is 19.3 Å². The predicted octanol–water partition coefficient (Wildman–Crippen LogP) is 16.8. The van der Waals surface area contributed by atoms with Crippen LogP contribution < -0.4 is 0 Å². The van der Waals surface area contributed by atoms with Crippen molar-refractivity contribution in [3.05, 3.63) is 0 Å². The summed E-state index contributed by atoms with van der Waals surface area (Å²) in [5.41, 5.74) is 0. The molecule has 0 saturated carbocycles. The van der Waals surface area contributed by atoms with Crippen molar-refractivity contribution in [2.75, 3.05) is 13.2 Å². The molecule has 0 aromatic rings. The van der Waals surface area contributed by atoms with Crippen molar-refractivity contribution in [3.8, 4) is 0 Å². The van der Waals surface area contributed by atoms with Gasteiger partial charge in [-0.15, -0.1) is 0 Å². The van der Waals surface area contributed by atoms with E-state index in [9.17, 15) is 14.4 Å². The molecule has 58 heavy (non-hydrogen) atoms. The zero-order valence-corrected chi connectivity index (χ0v) is 39.3. The molecule has 0 aliphatic rings. The molecular formula is C52H100O6. The summed E-state index contributed by atoms with van der Waals surface area (Å²) >= 11 is 0. The average Bonchev–Trinajstić information content (AvgIpc) is 3.22. The first-order valence-corrected chi connectivity index (χ1v) is 26.0. The van der Waals surface area contributed by atoms with Crippen molar-refractivity contribution in [2.24, 2.45) is 0 Å². The number of carbonyl (C=O) groups is 3. The number of hydrogen-bond acceptors (Lipinski definition) is 6. The molecule has 0 unspecified atom stereocenters. The van der Waals surface area contributed by atoms with Gasteiger partial charge in [0.1, 0.15) is 13.2 Å². The Bertz CT molecular complexity index is 859. The van der Waals surface area contributed by atoms with Gasteiger partial charge in [0.15, 0.2) is 6.10 Å². The smallest absolute Gasteiger partial charge is 0.306 e. The maximum Gasteiger partial charge on any atom is 0.306 e. The van der Waals surface area contributed by atoms with E-state index < -0.39 is 6.10 Å². The number of esters is 3. The zero-order chi connectivity index (χ0) is 42.3. The average molecular weight is 821 g/mol. The van der Waals surface area contributed by atoms with Gasteiger partial charge in [-0.3, -0.25) is 14.4 Å². The van der Waals surface area contributed by atoms with Crippen LogP contribution in [0.1, 0.15) is 297 Å². The van der Waals surface area contributed by atoms with E-state index in [0.717, 1.165) is 64.2 Å². The monoisotopic (exact) mass is 821 g/mol. The minimum atomic E-state index is -0.758. The third-order valence-corrected chi connectivity index (χ3v) is 11.9. The summed E-state index contributed by atoms with van der Waals surface area (Å²) in [5, 5.41) is 0. The van der Waals surface area contributed by atoms with Gasteiger partial charge in [0.05, 0.1) is 0 Å². The predicted molar refractivity (Wildman–Crippen MR) is 247 cm³/mol. The highest BCUT2D eigenvalue weighted by molar-refractivity contribution is 5.71. The maximum absolute atomic E-state index is 12.7. The molecule has 0 heterocycles. The first-order valence-electron chi connectivity index (χ1n) is 26.0. The third-order valence-electron chi connectivity index (χ3n) is 11.9. The fraction of sp³-hybridized carbons (Fsp3) is 0.942. The van der Waals surface area contributed by atoms with Crippen LogP contribution in [-0.2, 0) is 28.6 Å². The lowest BCUT2D eigenvalue weighted by Crippen LogP contribution is -2.30. The van der Waals surface area contributed by atoms with Crippen LogP contribution in [-0.4, -0.2) is 37.2 Å². The third kappa shape index (κ3) is 45.5. The molecule has 6 nitrogen and oxygen atoms in total. The highest BCUT2D eigenvalue weighted by atomic mass is 16.6. The van der Waals surface area contributed by atoms with Gasteiger partial charge in [-0.25, -0.2) is 0 Å². The van der Waals surface area contributed by atoms with Crippen molar-refractivity contribution in [3.63, 3.8) is 0 Å². The summed E-state index contributed by atoms with van der Waals surface area (Å²) in [7, 11) is 0. The fourth-order valence-electron chi connectivity index (χ4n) is 7.92. The normalized spacial score (nSPS) is 11.8. The maximum atomic E-state index is 12.7. The van der Waals surface area contributed by atoms with E-state index in [2.05, 4.69) is 20.8 Å². The number of hydrogen-bond donors (Lipinski definition) is 0. The Morgan fingerprint density at radius 2 is 0.466 bits per heavy atom. The molecule has 0 aliphatic heterocycles. The van der Waals surface area contributed by atoms with Crippen molar-refractivity contribution < 1.29 is 28.6 Å². The zero-order valence-electron chi connectivity index (χ0n) is 39.3. The van der Waals surface area contributed by atoms with E-state index in [-0.39, 0.29) is 31.1 Å². The van der Waals surface area contributed by atoms with Crippen LogP contribution in [0.3, 0.4) is 0 Å². The lowest BCUT2D eigenvalue weighted by molar-refractivity contribution is -0.167. The second-order valence-corrected chi connectivity index (χ2v) is 17.8. The lowest BCUT2D eigenvalue weighted by atomic mass is 10.0. The molecular weight excluding hydrogens is 721 g/mol. The van der Waals surface area contributed by atoms with Crippen molar-refractivity contribution >= 4 is 17.9 Å². The van der Waals surface area contributed by atoms with Gasteiger partial charge in [0.25, 0.3) is 0 Å². The quantitative estimate of drug-likeness (QED) is 0.0346. The van der Waals surface area contributed by atoms with Crippen LogP contribution in [0.2, 0.25) is 0 Å². The van der Waals surface area contributed by atoms with Crippen LogP contribution in [0.15, 0.2) is 0 Å². The van der Waals surface area contributed by atoms with E-state index in [4.69, 9.17) is 14.2 Å². The Hall–Kier alpha value is -1.59. The van der Waals surface area contributed by atoms with Gasteiger partial charge in [-0.1, -0.05) is 258 Å². The Balaban J connectivity index is 4.09. The van der Waals surface area contributed by atoms with Gasteiger partial charge < -0.3 is 14.2 Å². The second-order valence-electron chi connectivity index (χ2n) is 17.8. The minimum Gasteiger partial charge on any atom is -0.462 e. The number of carbonyl (C=O) groups excluding carboxylic acids is 3. The van der Waals surface area contributed by atoms with Crippen LogP contribution >= 0.6 is 0 Å². The van der Waals surface area contributed by atoms with Crippen LogP contribution in [0.5, 0.6) is 0 Å². The van der Waals surface area contributed by atoms with Crippen molar-refractivity contribution in [2.45, 2.75) is 303 Å². The highest BCUT2D eigenvalue weighted by Gasteiger charge is 2.19. The molecule has 0 bridgehead atoms. The molecule has 0 aromatic heterocycles. The Kier molecular flexibility index (Phi) is 46.8. The fourth-order valence-corrected chi connectivity index (χ4v) is 7.92. The van der Waals surface area contributed by atoms with E-state index in [1.807, 2.05) is 0 Å². The molecule has 344 valence electrons. The Morgan fingerprint density at radius 3 is 0.690 bits per heavy atom. The molecule has 1 atom stereocenters. The molecule has 0 radical (unpaired) electrons. The Morgan fingerprint density at radius 1 is 0.276 bits per heavy atom. The standard InChI is InChI=1S/C52H100O6/c1-4-7-10-13-15-17-19-21-23-25-27-29-31-33-35-37-40-43-46-52(55)58-49(47-56-50(53)44-41-38-12-9-6-3)48-57-51(54)45-42-39-36-34-32-30-28-26-24-22-20-18-16-14-11-8-5-2/h49H,4-48H2,1-3H3/t49-/m0/s1. The van der Waals surface area contributed by atoms with Crippen LogP contribution in [0, 0.1) is 0 Å². The number of ether oxygens (including phenoxy) is 3. The summed E-state index contributed by atoms with van der Waals surface area (Å²) in [6.07, 6.45) is 51.3.